The Labute approximate surface area is 233 Å². The van der Waals surface area contributed by atoms with E-state index in [9.17, 15) is 4.39 Å². The van der Waals surface area contributed by atoms with Gasteiger partial charge in [0.15, 0.2) is 5.82 Å². The molecule has 6 nitrogen and oxygen atoms in total. The molecule has 0 unspecified atom stereocenters. The molecule has 0 atom stereocenters. The van der Waals surface area contributed by atoms with Crippen LogP contribution in [0.15, 0.2) is 67.5 Å². The number of aryl methyl sites for hydroxylation is 1. The van der Waals surface area contributed by atoms with E-state index in [1.54, 1.807) is 12.1 Å². The molecular formula is C33H33FN6. The normalized spacial score (nSPS) is 14.9. The van der Waals surface area contributed by atoms with Crippen LogP contribution in [0.1, 0.15) is 37.3 Å². The number of H-pyrrole nitrogens is 2. The Morgan fingerprint density at radius 1 is 1.07 bits per heavy atom. The van der Waals surface area contributed by atoms with Crippen molar-refractivity contribution in [3.63, 3.8) is 0 Å². The Bertz CT molecular complexity index is 1790. The average Bonchev–Trinajstić information content (AvgIpc) is 3.73. The Morgan fingerprint density at radius 3 is 2.73 bits per heavy atom. The predicted molar refractivity (Wildman–Crippen MR) is 160 cm³/mol. The van der Waals surface area contributed by atoms with Crippen molar-refractivity contribution in [3.05, 3.63) is 95.0 Å². The summed E-state index contributed by atoms with van der Waals surface area (Å²) in [5.74, 6) is 0.329. The first-order valence-corrected chi connectivity index (χ1v) is 13.9. The minimum absolute atomic E-state index is 0.278. The lowest BCUT2D eigenvalue weighted by Crippen LogP contribution is -2.23. The van der Waals surface area contributed by atoms with Crippen LogP contribution in [-0.2, 0) is 6.42 Å². The monoisotopic (exact) mass is 532 g/mol. The van der Waals surface area contributed by atoms with Gasteiger partial charge in [-0.05, 0) is 93.2 Å². The highest BCUT2D eigenvalue weighted by Gasteiger charge is 2.16. The molecule has 5 aromatic rings. The van der Waals surface area contributed by atoms with E-state index in [1.807, 2.05) is 55.7 Å². The van der Waals surface area contributed by atoms with Gasteiger partial charge in [0.25, 0.3) is 0 Å². The Kier molecular flexibility index (Phi) is 7.38. The van der Waals surface area contributed by atoms with Crippen molar-refractivity contribution >= 4 is 28.8 Å². The van der Waals surface area contributed by atoms with Crippen molar-refractivity contribution in [1.82, 2.24) is 30.0 Å². The molecule has 6 rings (SSSR count). The number of nitrogens with one attached hydrogen (secondary N) is 2. The molecule has 2 aromatic carbocycles. The summed E-state index contributed by atoms with van der Waals surface area (Å²) in [6.45, 7) is 9.93. The van der Waals surface area contributed by atoms with E-state index in [0.29, 0.717) is 22.6 Å². The molecule has 7 heteroatoms. The predicted octanol–water partition coefficient (Wildman–Crippen LogP) is 5.48. The third-order valence-electron chi connectivity index (χ3n) is 7.65. The van der Waals surface area contributed by atoms with Crippen molar-refractivity contribution in [2.45, 2.75) is 32.6 Å². The molecule has 0 aliphatic carbocycles. The third-order valence-corrected chi connectivity index (χ3v) is 7.65. The maximum atomic E-state index is 14.6. The number of para-hydroxylation sites is 1. The quantitative estimate of drug-likeness (QED) is 0.278. The summed E-state index contributed by atoms with van der Waals surface area (Å²) in [4.78, 5) is 15.3. The van der Waals surface area contributed by atoms with Crippen molar-refractivity contribution in [1.29, 1.82) is 0 Å². The molecule has 2 N–H and O–H groups in total. The zero-order valence-electron chi connectivity index (χ0n) is 22.8. The van der Waals surface area contributed by atoms with Crippen molar-refractivity contribution in [2.24, 2.45) is 0 Å². The molecule has 0 spiro atoms. The van der Waals surface area contributed by atoms with Crippen molar-refractivity contribution in [2.75, 3.05) is 19.6 Å². The first-order valence-electron chi connectivity index (χ1n) is 13.9. The lowest BCUT2D eigenvalue weighted by Gasteiger charge is -2.14. The average molecular weight is 533 g/mol. The van der Waals surface area contributed by atoms with Gasteiger partial charge in [0.1, 0.15) is 11.5 Å². The molecular weight excluding hydrogens is 499 g/mol. The number of pyridine rings is 1. The van der Waals surface area contributed by atoms with E-state index in [-0.39, 0.29) is 5.82 Å². The van der Waals surface area contributed by atoms with Crippen LogP contribution < -0.4 is 10.6 Å². The van der Waals surface area contributed by atoms with Gasteiger partial charge in [0.05, 0.1) is 16.4 Å². The first kappa shape index (κ1) is 25.9. The van der Waals surface area contributed by atoms with Gasteiger partial charge in [-0.1, -0.05) is 43.0 Å². The molecule has 1 fully saturated rings. The van der Waals surface area contributed by atoms with E-state index in [1.165, 1.54) is 37.6 Å². The number of nitrogens with zero attached hydrogens (tertiary/aromatic N) is 4. The Hall–Kier alpha value is -4.36. The first-order chi connectivity index (χ1) is 19.6. The van der Waals surface area contributed by atoms with E-state index in [2.05, 4.69) is 37.7 Å². The van der Waals surface area contributed by atoms with Gasteiger partial charge >= 0.3 is 0 Å². The number of imidazole rings is 1. The molecule has 0 amide bonds. The number of fused-ring (bicyclic) bond motifs is 1. The Balaban J connectivity index is 1.32. The zero-order chi connectivity index (χ0) is 27.5. The van der Waals surface area contributed by atoms with E-state index < -0.39 is 0 Å². The van der Waals surface area contributed by atoms with Crippen LogP contribution in [0, 0.1) is 5.82 Å². The summed E-state index contributed by atoms with van der Waals surface area (Å²) in [7, 11) is 0. The molecule has 4 heterocycles. The highest BCUT2D eigenvalue weighted by atomic mass is 19.1. The number of allylic oxidation sites excluding steroid dienone is 1. The van der Waals surface area contributed by atoms with Gasteiger partial charge < -0.3 is 9.88 Å². The maximum absolute atomic E-state index is 14.6. The van der Waals surface area contributed by atoms with Crippen LogP contribution in [0.2, 0.25) is 0 Å². The number of hydrogen-bond donors (Lipinski definition) is 2. The smallest absolute Gasteiger partial charge is 0.159 e. The Morgan fingerprint density at radius 2 is 1.90 bits per heavy atom. The maximum Gasteiger partial charge on any atom is 0.159 e. The summed E-state index contributed by atoms with van der Waals surface area (Å²) in [6.07, 6.45) is 12.6. The number of rotatable bonds is 8. The van der Waals surface area contributed by atoms with Crippen LogP contribution in [0.3, 0.4) is 0 Å². The van der Waals surface area contributed by atoms with Gasteiger partial charge in [-0.2, -0.15) is 5.10 Å². The van der Waals surface area contributed by atoms with Crippen LogP contribution in [0.4, 0.5) is 4.39 Å². The fraction of sp³-hybridized carbons (Fsp3) is 0.242. The van der Waals surface area contributed by atoms with Gasteiger partial charge in [0.2, 0.25) is 0 Å². The number of benzene rings is 2. The standard InChI is InChI=1S/C33H33FN6/c1-3-29-27(18-22(2)24-19-23(20-35-21-24)10-9-17-40-15-6-7-16-40)32(39-38-29)33-36-30-14-8-12-26(31(30)37-33)25-11-4-5-13-28(25)34/h3-5,8,11-14,18-21,38H,2,6-7,9-10,15-17H2,1H3,(H,36,37)/b27-18+,29-3+. The minimum atomic E-state index is -0.278. The van der Waals surface area contributed by atoms with E-state index in [0.717, 1.165) is 52.2 Å². The van der Waals surface area contributed by atoms with Crippen LogP contribution in [-0.4, -0.2) is 49.7 Å². The fourth-order valence-corrected chi connectivity index (χ4v) is 5.52. The summed E-state index contributed by atoms with van der Waals surface area (Å²) in [6, 6.07) is 14.7. The van der Waals surface area contributed by atoms with E-state index in [4.69, 9.17) is 4.98 Å². The lowest BCUT2D eigenvalue weighted by atomic mass is 10.0. The number of aromatic nitrogens is 5. The highest BCUT2D eigenvalue weighted by Crippen LogP contribution is 2.30. The van der Waals surface area contributed by atoms with Crippen molar-refractivity contribution in [3.8, 4) is 22.6 Å². The second-order valence-corrected chi connectivity index (χ2v) is 10.4. The molecule has 0 bridgehead atoms. The fourth-order valence-electron chi connectivity index (χ4n) is 5.52. The van der Waals surface area contributed by atoms with Crippen LogP contribution in [0.25, 0.3) is 51.4 Å². The zero-order valence-corrected chi connectivity index (χ0v) is 22.8. The van der Waals surface area contributed by atoms with Crippen molar-refractivity contribution < 1.29 is 4.39 Å². The van der Waals surface area contributed by atoms with E-state index >= 15 is 0 Å². The van der Waals surface area contributed by atoms with Crippen LogP contribution >= 0.6 is 0 Å². The highest BCUT2D eigenvalue weighted by molar-refractivity contribution is 5.94. The largest absolute Gasteiger partial charge is 0.337 e. The summed E-state index contributed by atoms with van der Waals surface area (Å²) in [5.41, 5.74) is 6.50. The topological polar surface area (TPSA) is 73.5 Å². The lowest BCUT2D eigenvalue weighted by molar-refractivity contribution is 0.334. The summed E-state index contributed by atoms with van der Waals surface area (Å²) < 4.78 is 14.6. The number of halogens is 1. The number of likely N-dealkylation sites (tertiary alicyclic amines) is 1. The molecule has 1 aliphatic heterocycles. The molecule has 0 radical (unpaired) electrons. The third kappa shape index (κ3) is 5.25. The SMILES string of the molecule is C=C(/C=c1/c(-c2nc3c(-c4ccccc4F)cccc3[nH]2)n[nH]/c1=C/C)c1cncc(CCCN2CCCC2)c1. The molecule has 3 aromatic heterocycles. The van der Waals surface area contributed by atoms with Gasteiger partial charge in [0, 0.05) is 28.7 Å². The molecule has 0 saturated carbocycles. The number of hydrogen-bond acceptors (Lipinski definition) is 4. The second kappa shape index (κ2) is 11.4. The summed E-state index contributed by atoms with van der Waals surface area (Å²) in [5, 5.41) is 9.49. The van der Waals surface area contributed by atoms with Crippen LogP contribution in [0.5, 0.6) is 0 Å². The number of aromatic amines is 2. The van der Waals surface area contributed by atoms with Gasteiger partial charge in [-0.15, -0.1) is 0 Å². The molecule has 1 aliphatic rings. The molecule has 1 saturated heterocycles. The summed E-state index contributed by atoms with van der Waals surface area (Å²) >= 11 is 0. The van der Waals surface area contributed by atoms with Gasteiger partial charge in [-0.3, -0.25) is 10.1 Å². The molecule has 202 valence electrons. The second-order valence-electron chi connectivity index (χ2n) is 10.4. The van der Waals surface area contributed by atoms with Gasteiger partial charge in [-0.25, -0.2) is 9.37 Å². The molecule has 40 heavy (non-hydrogen) atoms. The minimum Gasteiger partial charge on any atom is -0.337 e.